The van der Waals surface area contributed by atoms with Crippen LogP contribution >= 0.6 is 0 Å². The summed E-state index contributed by atoms with van der Waals surface area (Å²) in [6.07, 6.45) is 1.54. The van der Waals surface area contributed by atoms with Crippen LogP contribution in [-0.4, -0.2) is 38.7 Å². The molecule has 2 fully saturated rings. The van der Waals surface area contributed by atoms with E-state index in [4.69, 9.17) is 0 Å². The van der Waals surface area contributed by atoms with Gasteiger partial charge in [-0.25, -0.2) is 4.98 Å². The average Bonchev–Trinajstić information content (AvgIpc) is 3.11. The molecule has 2 aliphatic rings. The zero-order valence-corrected chi connectivity index (χ0v) is 17.3. The lowest BCUT2D eigenvalue weighted by Crippen LogP contribution is -2.49. The number of rotatable bonds is 3. The highest BCUT2D eigenvalue weighted by atomic mass is 19.4. The number of alkyl halides is 3. The molecule has 2 saturated heterocycles. The van der Waals surface area contributed by atoms with Gasteiger partial charge in [-0.2, -0.15) is 13.2 Å². The van der Waals surface area contributed by atoms with Crippen LogP contribution in [0.15, 0.2) is 42.5 Å². The molecule has 2 aromatic carbocycles. The number of piperidine rings is 2. The number of aromatic hydroxyl groups is 1. The number of hydrogen-bond donors (Lipinski definition) is 1. The molecule has 0 spiro atoms. The minimum atomic E-state index is -4.40. The summed E-state index contributed by atoms with van der Waals surface area (Å²) in [7, 11) is 0. The Hall–Kier alpha value is -2.54. The van der Waals surface area contributed by atoms with Crippen molar-refractivity contribution in [1.82, 2.24) is 14.5 Å². The summed E-state index contributed by atoms with van der Waals surface area (Å²) in [4.78, 5) is 7.22. The van der Waals surface area contributed by atoms with Gasteiger partial charge in [0.1, 0.15) is 11.6 Å². The Morgan fingerprint density at radius 3 is 2.52 bits per heavy atom. The van der Waals surface area contributed by atoms with Crippen LogP contribution in [0.25, 0.3) is 22.4 Å². The van der Waals surface area contributed by atoms with Crippen LogP contribution in [0.2, 0.25) is 0 Å². The second-order valence-corrected chi connectivity index (χ2v) is 8.80. The molecule has 3 aromatic rings. The molecule has 0 saturated carbocycles. The van der Waals surface area contributed by atoms with Gasteiger partial charge in [0.15, 0.2) is 0 Å². The average molecular weight is 429 g/mol. The van der Waals surface area contributed by atoms with E-state index in [-0.39, 0.29) is 5.75 Å². The third-order valence-corrected chi connectivity index (χ3v) is 6.85. The minimum Gasteiger partial charge on any atom is -0.508 e. The Labute approximate surface area is 179 Å². The molecule has 0 radical (unpaired) electrons. The first-order chi connectivity index (χ1) is 14.9. The van der Waals surface area contributed by atoms with Gasteiger partial charge >= 0.3 is 6.18 Å². The Morgan fingerprint density at radius 2 is 1.74 bits per heavy atom. The zero-order valence-electron chi connectivity index (χ0n) is 17.3. The maximum absolute atomic E-state index is 13.3. The summed E-state index contributed by atoms with van der Waals surface area (Å²) >= 11 is 0. The van der Waals surface area contributed by atoms with Crippen molar-refractivity contribution in [1.29, 1.82) is 0 Å². The SMILES string of the molecule is Oc1ccc(-c2nc3cc(C(F)(F)F)ccc3n2C[C@@H]2CCCN3CCCC[C@H]23)cc1. The van der Waals surface area contributed by atoms with Gasteiger partial charge < -0.3 is 14.6 Å². The minimum absolute atomic E-state index is 0.149. The number of phenols is 1. The molecule has 7 heteroatoms. The highest BCUT2D eigenvalue weighted by Crippen LogP contribution is 2.36. The van der Waals surface area contributed by atoms with Gasteiger partial charge in [0.25, 0.3) is 0 Å². The van der Waals surface area contributed by atoms with E-state index < -0.39 is 11.7 Å². The number of hydrogen-bond acceptors (Lipinski definition) is 3. The number of aromatic nitrogens is 2. The molecule has 2 aliphatic heterocycles. The van der Waals surface area contributed by atoms with Crippen molar-refractivity contribution in [3.8, 4) is 17.1 Å². The molecule has 0 unspecified atom stereocenters. The fraction of sp³-hybridized carbons (Fsp3) is 0.458. The third kappa shape index (κ3) is 3.91. The molecule has 164 valence electrons. The van der Waals surface area contributed by atoms with Crippen LogP contribution < -0.4 is 0 Å². The lowest BCUT2D eigenvalue weighted by atomic mass is 9.83. The van der Waals surface area contributed by atoms with Gasteiger partial charge in [0.2, 0.25) is 0 Å². The maximum atomic E-state index is 13.3. The van der Waals surface area contributed by atoms with E-state index in [9.17, 15) is 18.3 Å². The summed E-state index contributed by atoms with van der Waals surface area (Å²) in [6.45, 7) is 3.02. The van der Waals surface area contributed by atoms with Gasteiger partial charge in [-0.05, 0) is 87.2 Å². The molecular formula is C24H26F3N3O. The van der Waals surface area contributed by atoms with E-state index >= 15 is 0 Å². The molecule has 1 aromatic heterocycles. The van der Waals surface area contributed by atoms with E-state index in [0.29, 0.717) is 23.3 Å². The zero-order chi connectivity index (χ0) is 21.6. The molecule has 31 heavy (non-hydrogen) atoms. The van der Waals surface area contributed by atoms with E-state index in [0.717, 1.165) is 55.7 Å². The second-order valence-electron chi connectivity index (χ2n) is 8.80. The molecular weight excluding hydrogens is 403 g/mol. The van der Waals surface area contributed by atoms with Crippen LogP contribution in [0.3, 0.4) is 0 Å². The first-order valence-electron chi connectivity index (χ1n) is 11.0. The van der Waals surface area contributed by atoms with Crippen LogP contribution in [0, 0.1) is 5.92 Å². The number of nitrogens with zero attached hydrogens (tertiary/aromatic N) is 3. The number of fused-ring (bicyclic) bond motifs is 2. The van der Waals surface area contributed by atoms with Gasteiger partial charge in [0.05, 0.1) is 16.6 Å². The van der Waals surface area contributed by atoms with Crippen LogP contribution in [0.1, 0.15) is 37.7 Å². The van der Waals surface area contributed by atoms with E-state index in [1.807, 2.05) is 0 Å². The first kappa shape index (κ1) is 20.4. The molecule has 1 N–H and O–H groups in total. The van der Waals surface area contributed by atoms with E-state index in [1.54, 1.807) is 30.3 Å². The summed E-state index contributed by atoms with van der Waals surface area (Å²) < 4.78 is 41.9. The second kappa shape index (κ2) is 7.86. The normalized spacial score (nSPS) is 22.5. The number of phenolic OH excluding ortho intramolecular Hbond substituents is 1. The lowest BCUT2D eigenvalue weighted by molar-refractivity contribution is -0.137. The molecule has 3 heterocycles. The summed E-state index contributed by atoms with van der Waals surface area (Å²) in [6, 6.07) is 11.1. The van der Waals surface area contributed by atoms with Crippen molar-refractivity contribution in [2.75, 3.05) is 13.1 Å². The molecule has 2 atom stereocenters. The fourth-order valence-electron chi connectivity index (χ4n) is 5.35. The van der Waals surface area contributed by atoms with E-state index in [1.165, 1.54) is 19.3 Å². The maximum Gasteiger partial charge on any atom is 0.416 e. The number of imidazole rings is 1. The molecule has 0 bridgehead atoms. The van der Waals surface area contributed by atoms with Gasteiger partial charge in [0, 0.05) is 18.2 Å². The first-order valence-corrected chi connectivity index (χ1v) is 11.0. The Bertz CT molecular complexity index is 1070. The van der Waals surface area contributed by atoms with Crippen LogP contribution in [-0.2, 0) is 12.7 Å². The third-order valence-electron chi connectivity index (χ3n) is 6.85. The predicted molar refractivity (Wildman–Crippen MR) is 114 cm³/mol. The van der Waals surface area contributed by atoms with E-state index in [2.05, 4.69) is 14.5 Å². The quantitative estimate of drug-likeness (QED) is 0.581. The van der Waals surface area contributed by atoms with Crippen molar-refractivity contribution in [2.24, 2.45) is 5.92 Å². The van der Waals surface area contributed by atoms with Gasteiger partial charge in [-0.1, -0.05) is 6.42 Å². The monoisotopic (exact) mass is 429 g/mol. The molecule has 0 aliphatic carbocycles. The lowest BCUT2D eigenvalue weighted by Gasteiger charge is -2.44. The van der Waals surface area contributed by atoms with Crippen LogP contribution in [0.5, 0.6) is 5.75 Å². The largest absolute Gasteiger partial charge is 0.508 e. The van der Waals surface area contributed by atoms with Crippen molar-refractivity contribution < 1.29 is 18.3 Å². The van der Waals surface area contributed by atoms with Gasteiger partial charge in [-0.3, -0.25) is 0 Å². The number of halogens is 3. The fourth-order valence-corrected chi connectivity index (χ4v) is 5.35. The Kier molecular flexibility index (Phi) is 5.16. The van der Waals surface area contributed by atoms with Crippen molar-refractivity contribution >= 4 is 11.0 Å². The van der Waals surface area contributed by atoms with Crippen LogP contribution in [0.4, 0.5) is 13.2 Å². The summed E-state index contributed by atoms with van der Waals surface area (Å²) in [5.41, 5.74) is 1.19. The van der Waals surface area contributed by atoms with Gasteiger partial charge in [-0.15, -0.1) is 0 Å². The predicted octanol–water partition coefficient (Wildman–Crippen LogP) is 5.69. The topological polar surface area (TPSA) is 41.3 Å². The molecule has 0 amide bonds. The van der Waals surface area contributed by atoms with Crippen molar-refractivity contribution in [3.05, 3.63) is 48.0 Å². The summed E-state index contributed by atoms with van der Waals surface area (Å²) in [5, 5.41) is 9.67. The standard InChI is InChI=1S/C24H26F3N3O/c25-24(26,27)18-8-11-22-20(14-18)28-23(16-6-9-19(31)10-7-16)30(22)15-17-4-3-13-29-12-2-1-5-21(17)29/h6-11,14,17,21,31H,1-5,12-13,15H2/t17-,21+/m0/s1. The Morgan fingerprint density at radius 1 is 0.968 bits per heavy atom. The Balaban J connectivity index is 1.59. The summed E-state index contributed by atoms with van der Waals surface area (Å²) in [5.74, 6) is 1.25. The highest BCUT2D eigenvalue weighted by Gasteiger charge is 2.34. The highest BCUT2D eigenvalue weighted by molar-refractivity contribution is 5.81. The van der Waals surface area contributed by atoms with Crippen molar-refractivity contribution in [2.45, 2.75) is 50.9 Å². The smallest absolute Gasteiger partial charge is 0.416 e. The molecule has 4 nitrogen and oxygen atoms in total. The molecule has 5 rings (SSSR count). The van der Waals surface area contributed by atoms with Crippen molar-refractivity contribution in [3.63, 3.8) is 0 Å². The number of benzene rings is 2.